The molecule has 0 radical (unpaired) electrons. The van der Waals surface area contributed by atoms with Gasteiger partial charge in [-0.3, -0.25) is 4.79 Å². The minimum Gasteiger partial charge on any atom is -0.339 e. The lowest BCUT2D eigenvalue weighted by molar-refractivity contribution is -0.126. The van der Waals surface area contributed by atoms with E-state index in [2.05, 4.69) is 45.0 Å². The van der Waals surface area contributed by atoms with Gasteiger partial charge in [-0.25, -0.2) is 0 Å². The van der Waals surface area contributed by atoms with Gasteiger partial charge in [0.15, 0.2) is 0 Å². The Hall–Kier alpha value is -1.57. The highest BCUT2D eigenvalue weighted by Crippen LogP contribution is 2.07. The standard InChI is InChI=1S/C20H31NO/c1-4-6-8-16-21(17-9-7-5-2)20(22)15-14-19-12-10-18(3)11-13-19/h10-15H,4-9,16-17H2,1-3H3/b15-14+. The fourth-order valence-electron chi connectivity index (χ4n) is 2.39. The smallest absolute Gasteiger partial charge is 0.246 e. The molecule has 2 heteroatoms. The maximum Gasteiger partial charge on any atom is 0.246 e. The molecule has 1 rings (SSSR count). The molecule has 2 nitrogen and oxygen atoms in total. The molecule has 0 bridgehead atoms. The zero-order chi connectivity index (χ0) is 16.2. The molecule has 0 N–H and O–H groups in total. The summed E-state index contributed by atoms with van der Waals surface area (Å²) < 4.78 is 0. The number of nitrogens with zero attached hydrogens (tertiary/aromatic N) is 1. The second-order valence-electron chi connectivity index (χ2n) is 5.98. The zero-order valence-corrected chi connectivity index (χ0v) is 14.5. The van der Waals surface area contributed by atoms with Crippen LogP contribution in [0.1, 0.15) is 63.5 Å². The summed E-state index contributed by atoms with van der Waals surface area (Å²) in [6, 6.07) is 8.25. The topological polar surface area (TPSA) is 20.3 Å². The predicted octanol–water partition coefficient (Wildman–Crippen LogP) is 5.22. The second kappa shape index (κ2) is 11.1. The first-order valence-corrected chi connectivity index (χ1v) is 8.71. The Morgan fingerprint density at radius 2 is 1.50 bits per heavy atom. The van der Waals surface area contributed by atoms with E-state index in [0.717, 1.165) is 31.5 Å². The number of unbranched alkanes of at least 4 members (excludes halogenated alkanes) is 4. The van der Waals surface area contributed by atoms with Crippen molar-refractivity contribution in [3.8, 4) is 0 Å². The van der Waals surface area contributed by atoms with Crippen LogP contribution in [-0.2, 0) is 4.79 Å². The van der Waals surface area contributed by atoms with E-state index in [1.807, 2.05) is 11.0 Å². The van der Waals surface area contributed by atoms with Crippen molar-refractivity contribution in [2.75, 3.05) is 13.1 Å². The minimum absolute atomic E-state index is 0.146. The molecule has 0 heterocycles. The minimum atomic E-state index is 0.146. The molecular weight excluding hydrogens is 270 g/mol. The molecule has 0 unspecified atom stereocenters. The fraction of sp³-hybridized carbons (Fsp3) is 0.550. The van der Waals surface area contributed by atoms with Crippen molar-refractivity contribution in [3.63, 3.8) is 0 Å². The maximum atomic E-state index is 12.4. The Morgan fingerprint density at radius 3 is 2.00 bits per heavy atom. The van der Waals surface area contributed by atoms with Crippen LogP contribution < -0.4 is 0 Å². The first kappa shape index (κ1) is 18.5. The van der Waals surface area contributed by atoms with Crippen LogP contribution in [-0.4, -0.2) is 23.9 Å². The number of hydrogen-bond acceptors (Lipinski definition) is 1. The van der Waals surface area contributed by atoms with Gasteiger partial charge in [-0.2, -0.15) is 0 Å². The molecule has 1 aromatic rings. The first-order valence-electron chi connectivity index (χ1n) is 8.71. The van der Waals surface area contributed by atoms with Crippen LogP contribution in [0.2, 0.25) is 0 Å². The molecule has 0 saturated heterocycles. The molecule has 0 fully saturated rings. The van der Waals surface area contributed by atoms with Gasteiger partial charge in [0.05, 0.1) is 0 Å². The molecule has 22 heavy (non-hydrogen) atoms. The third kappa shape index (κ3) is 7.44. The molecule has 0 aliphatic carbocycles. The molecule has 1 aromatic carbocycles. The third-order valence-electron chi connectivity index (χ3n) is 3.87. The number of rotatable bonds is 10. The van der Waals surface area contributed by atoms with Crippen LogP contribution in [0.4, 0.5) is 0 Å². The quantitative estimate of drug-likeness (QED) is 0.429. The Labute approximate surface area is 136 Å². The Bertz CT molecular complexity index is 437. The van der Waals surface area contributed by atoms with E-state index in [4.69, 9.17) is 0 Å². The average molecular weight is 301 g/mol. The average Bonchev–Trinajstić information content (AvgIpc) is 2.53. The van der Waals surface area contributed by atoms with Crippen LogP contribution in [0.3, 0.4) is 0 Å². The first-order chi connectivity index (χ1) is 10.7. The van der Waals surface area contributed by atoms with Crippen molar-refractivity contribution in [1.82, 2.24) is 4.90 Å². The number of aryl methyl sites for hydroxylation is 1. The number of carbonyl (C=O) groups is 1. The summed E-state index contributed by atoms with van der Waals surface area (Å²) in [6.07, 6.45) is 10.6. The Kier molecular flexibility index (Phi) is 9.29. The number of benzene rings is 1. The molecule has 0 aromatic heterocycles. The van der Waals surface area contributed by atoms with Crippen LogP contribution in [0.5, 0.6) is 0 Å². The highest BCUT2D eigenvalue weighted by molar-refractivity contribution is 5.91. The van der Waals surface area contributed by atoms with Crippen LogP contribution in [0.15, 0.2) is 30.3 Å². The van der Waals surface area contributed by atoms with Gasteiger partial charge >= 0.3 is 0 Å². The summed E-state index contributed by atoms with van der Waals surface area (Å²) in [4.78, 5) is 14.4. The van der Waals surface area contributed by atoms with Crippen LogP contribution >= 0.6 is 0 Å². The lowest BCUT2D eigenvalue weighted by atomic mass is 10.1. The number of hydrogen-bond donors (Lipinski definition) is 0. The number of amides is 1. The second-order valence-corrected chi connectivity index (χ2v) is 5.98. The van der Waals surface area contributed by atoms with E-state index in [9.17, 15) is 4.79 Å². The lowest BCUT2D eigenvalue weighted by Crippen LogP contribution is -2.31. The van der Waals surface area contributed by atoms with Gasteiger partial charge in [0, 0.05) is 19.2 Å². The van der Waals surface area contributed by atoms with Crippen molar-refractivity contribution < 1.29 is 4.79 Å². The van der Waals surface area contributed by atoms with Gasteiger partial charge in [-0.05, 0) is 31.4 Å². The van der Waals surface area contributed by atoms with Gasteiger partial charge in [0.1, 0.15) is 0 Å². The highest BCUT2D eigenvalue weighted by Gasteiger charge is 2.09. The lowest BCUT2D eigenvalue weighted by Gasteiger charge is -2.21. The molecule has 0 spiro atoms. The third-order valence-corrected chi connectivity index (χ3v) is 3.87. The SMILES string of the molecule is CCCCCN(CCCCC)C(=O)/C=C/c1ccc(C)cc1. The predicted molar refractivity (Wildman–Crippen MR) is 95.8 cm³/mol. The Morgan fingerprint density at radius 1 is 0.955 bits per heavy atom. The van der Waals surface area contributed by atoms with E-state index in [0.29, 0.717) is 0 Å². The summed E-state index contributed by atoms with van der Waals surface area (Å²) >= 11 is 0. The monoisotopic (exact) mass is 301 g/mol. The summed E-state index contributed by atoms with van der Waals surface area (Å²) in [5, 5.41) is 0. The molecule has 0 saturated carbocycles. The summed E-state index contributed by atoms with van der Waals surface area (Å²) in [6.45, 7) is 8.23. The summed E-state index contributed by atoms with van der Waals surface area (Å²) in [5.74, 6) is 0.146. The van der Waals surface area contributed by atoms with Gasteiger partial charge in [-0.15, -0.1) is 0 Å². The molecule has 1 amide bonds. The van der Waals surface area contributed by atoms with Crippen LogP contribution in [0.25, 0.3) is 6.08 Å². The summed E-state index contributed by atoms with van der Waals surface area (Å²) in [7, 11) is 0. The van der Waals surface area contributed by atoms with Gasteiger partial charge < -0.3 is 4.90 Å². The van der Waals surface area contributed by atoms with E-state index in [1.165, 1.54) is 31.2 Å². The Balaban J connectivity index is 2.58. The van der Waals surface area contributed by atoms with Crippen molar-refractivity contribution in [2.45, 2.75) is 59.3 Å². The summed E-state index contributed by atoms with van der Waals surface area (Å²) in [5.41, 5.74) is 2.32. The normalized spacial score (nSPS) is 11.0. The van der Waals surface area contributed by atoms with Gasteiger partial charge in [-0.1, -0.05) is 69.4 Å². The molecule has 0 aliphatic rings. The molecule has 0 aliphatic heterocycles. The highest BCUT2D eigenvalue weighted by atomic mass is 16.2. The van der Waals surface area contributed by atoms with Crippen molar-refractivity contribution in [3.05, 3.63) is 41.5 Å². The van der Waals surface area contributed by atoms with Crippen LogP contribution in [0, 0.1) is 6.92 Å². The number of carbonyl (C=O) groups excluding carboxylic acids is 1. The van der Waals surface area contributed by atoms with E-state index in [-0.39, 0.29) is 5.91 Å². The van der Waals surface area contributed by atoms with Crippen molar-refractivity contribution in [1.29, 1.82) is 0 Å². The molecular formula is C20H31NO. The molecule has 122 valence electrons. The van der Waals surface area contributed by atoms with Gasteiger partial charge in [0.2, 0.25) is 5.91 Å². The van der Waals surface area contributed by atoms with Crippen molar-refractivity contribution in [2.24, 2.45) is 0 Å². The van der Waals surface area contributed by atoms with E-state index in [1.54, 1.807) is 6.08 Å². The molecule has 0 atom stereocenters. The fourth-order valence-corrected chi connectivity index (χ4v) is 2.39. The van der Waals surface area contributed by atoms with Gasteiger partial charge in [0.25, 0.3) is 0 Å². The van der Waals surface area contributed by atoms with Crippen molar-refractivity contribution >= 4 is 12.0 Å². The van der Waals surface area contributed by atoms with E-state index >= 15 is 0 Å². The zero-order valence-electron chi connectivity index (χ0n) is 14.5. The maximum absolute atomic E-state index is 12.4. The largest absolute Gasteiger partial charge is 0.339 e. The van der Waals surface area contributed by atoms with E-state index < -0.39 is 0 Å².